The molecule has 0 radical (unpaired) electrons. The predicted octanol–water partition coefficient (Wildman–Crippen LogP) is 1.14. The summed E-state index contributed by atoms with van der Waals surface area (Å²) < 4.78 is 0. The van der Waals surface area contributed by atoms with Gasteiger partial charge in [-0.05, 0) is 32.4 Å². The molecule has 4 heteroatoms. The quantitative estimate of drug-likeness (QED) is 0.759. The molecule has 110 valence electrons. The second-order valence-corrected chi connectivity index (χ2v) is 6.24. The largest absolute Gasteiger partial charge is 0.395 e. The number of nitrogens with zero attached hydrogens (tertiary/aromatic N) is 2. The van der Waals surface area contributed by atoms with Gasteiger partial charge in [0.1, 0.15) is 6.29 Å². The van der Waals surface area contributed by atoms with E-state index in [-0.39, 0.29) is 12.0 Å². The van der Waals surface area contributed by atoms with Crippen molar-refractivity contribution in [2.75, 3.05) is 45.9 Å². The first-order valence-corrected chi connectivity index (χ1v) is 7.80. The maximum atomic E-state index is 11.5. The van der Waals surface area contributed by atoms with Crippen LogP contribution in [-0.4, -0.2) is 67.1 Å². The second-order valence-electron chi connectivity index (χ2n) is 6.24. The summed E-state index contributed by atoms with van der Waals surface area (Å²) in [5, 5.41) is 9.01. The van der Waals surface area contributed by atoms with Gasteiger partial charge >= 0.3 is 0 Å². The van der Waals surface area contributed by atoms with Crippen LogP contribution in [0.25, 0.3) is 0 Å². The van der Waals surface area contributed by atoms with E-state index in [1.807, 2.05) is 0 Å². The molecule has 19 heavy (non-hydrogen) atoms. The lowest BCUT2D eigenvalue weighted by Crippen LogP contribution is -2.42. The van der Waals surface area contributed by atoms with Gasteiger partial charge in [-0.15, -0.1) is 0 Å². The van der Waals surface area contributed by atoms with E-state index in [1.165, 1.54) is 25.5 Å². The standard InChI is InChI=1S/C15H28N2O2/c18-12-11-16-7-4-8-17(10-9-16)13-15(14-19)5-2-1-3-6-15/h14,18H,1-13H2. The molecule has 2 fully saturated rings. The van der Waals surface area contributed by atoms with Gasteiger partial charge < -0.3 is 14.8 Å². The Balaban J connectivity index is 1.85. The average molecular weight is 268 g/mol. The van der Waals surface area contributed by atoms with E-state index < -0.39 is 0 Å². The maximum Gasteiger partial charge on any atom is 0.127 e. The van der Waals surface area contributed by atoms with Crippen molar-refractivity contribution in [1.29, 1.82) is 0 Å². The first-order valence-electron chi connectivity index (χ1n) is 7.80. The van der Waals surface area contributed by atoms with Crippen LogP contribution >= 0.6 is 0 Å². The van der Waals surface area contributed by atoms with Crippen LogP contribution in [-0.2, 0) is 4.79 Å². The van der Waals surface area contributed by atoms with Crippen molar-refractivity contribution < 1.29 is 9.90 Å². The molecule has 0 bridgehead atoms. The van der Waals surface area contributed by atoms with Crippen LogP contribution in [0.5, 0.6) is 0 Å². The molecule has 2 aliphatic rings. The van der Waals surface area contributed by atoms with Gasteiger partial charge in [0.2, 0.25) is 0 Å². The maximum absolute atomic E-state index is 11.5. The topological polar surface area (TPSA) is 43.8 Å². The zero-order chi connectivity index (χ0) is 13.6. The first-order chi connectivity index (χ1) is 9.28. The van der Waals surface area contributed by atoms with Gasteiger partial charge in [0.05, 0.1) is 6.61 Å². The molecule has 1 saturated heterocycles. The highest BCUT2D eigenvalue weighted by Crippen LogP contribution is 2.35. The zero-order valence-electron chi connectivity index (χ0n) is 12.0. The van der Waals surface area contributed by atoms with E-state index in [0.29, 0.717) is 0 Å². The fourth-order valence-electron chi connectivity index (χ4n) is 3.56. The predicted molar refractivity (Wildman–Crippen MR) is 76.2 cm³/mol. The van der Waals surface area contributed by atoms with Crippen LogP contribution in [0.15, 0.2) is 0 Å². The van der Waals surface area contributed by atoms with Gasteiger partial charge in [0.15, 0.2) is 0 Å². The number of β-amino-alcohol motifs (C(OH)–C–C–N with tert-alkyl or cyclic N) is 1. The summed E-state index contributed by atoms with van der Waals surface area (Å²) in [7, 11) is 0. The molecule has 0 aromatic carbocycles. The van der Waals surface area contributed by atoms with Crippen molar-refractivity contribution in [1.82, 2.24) is 9.80 Å². The van der Waals surface area contributed by atoms with Crippen molar-refractivity contribution in [3.8, 4) is 0 Å². The highest BCUT2D eigenvalue weighted by atomic mass is 16.3. The number of rotatable bonds is 5. The van der Waals surface area contributed by atoms with Crippen molar-refractivity contribution in [2.24, 2.45) is 5.41 Å². The summed E-state index contributed by atoms with van der Waals surface area (Å²) in [6, 6.07) is 0. The third kappa shape index (κ3) is 4.26. The lowest BCUT2D eigenvalue weighted by molar-refractivity contribution is -0.119. The molecule has 2 rings (SSSR count). The number of aldehydes is 1. The number of hydrogen-bond donors (Lipinski definition) is 1. The summed E-state index contributed by atoms with van der Waals surface area (Å²) in [6.07, 6.45) is 8.25. The van der Waals surface area contributed by atoms with Crippen LogP contribution in [0, 0.1) is 5.41 Å². The van der Waals surface area contributed by atoms with Crippen molar-refractivity contribution in [3.63, 3.8) is 0 Å². The van der Waals surface area contributed by atoms with Gasteiger partial charge in [0, 0.05) is 31.6 Å². The fraction of sp³-hybridized carbons (Fsp3) is 0.933. The minimum Gasteiger partial charge on any atom is -0.395 e. The Labute approximate surface area is 116 Å². The summed E-state index contributed by atoms with van der Waals surface area (Å²) >= 11 is 0. The lowest BCUT2D eigenvalue weighted by atomic mass is 9.75. The van der Waals surface area contributed by atoms with E-state index in [0.717, 1.165) is 58.5 Å². The van der Waals surface area contributed by atoms with Crippen LogP contribution in [0.4, 0.5) is 0 Å². The second kappa shape index (κ2) is 7.36. The molecule has 1 aliphatic heterocycles. The third-order valence-electron chi connectivity index (χ3n) is 4.74. The van der Waals surface area contributed by atoms with E-state index >= 15 is 0 Å². The van der Waals surface area contributed by atoms with E-state index in [2.05, 4.69) is 9.80 Å². The highest BCUT2D eigenvalue weighted by molar-refractivity contribution is 5.60. The van der Waals surface area contributed by atoms with Crippen LogP contribution in [0.2, 0.25) is 0 Å². The van der Waals surface area contributed by atoms with E-state index in [4.69, 9.17) is 5.11 Å². The molecule has 0 amide bonds. The normalized spacial score (nSPS) is 25.9. The van der Waals surface area contributed by atoms with Gasteiger partial charge in [-0.25, -0.2) is 0 Å². The molecule has 1 heterocycles. The van der Waals surface area contributed by atoms with Crippen molar-refractivity contribution in [3.05, 3.63) is 0 Å². The Kier molecular flexibility index (Phi) is 5.79. The molecule has 0 unspecified atom stereocenters. The molecule has 0 aromatic heterocycles. The van der Waals surface area contributed by atoms with Crippen molar-refractivity contribution in [2.45, 2.75) is 38.5 Å². The third-order valence-corrected chi connectivity index (χ3v) is 4.74. The van der Waals surface area contributed by atoms with Gasteiger partial charge in [-0.1, -0.05) is 19.3 Å². The number of aliphatic hydroxyl groups excluding tert-OH is 1. The van der Waals surface area contributed by atoms with Gasteiger partial charge in [0.25, 0.3) is 0 Å². The smallest absolute Gasteiger partial charge is 0.127 e. The minimum absolute atomic E-state index is 0.0651. The molecule has 1 N–H and O–H groups in total. The van der Waals surface area contributed by atoms with Gasteiger partial charge in [-0.3, -0.25) is 4.90 Å². The molecule has 0 atom stereocenters. The summed E-state index contributed by atoms with van der Waals surface area (Å²) in [4.78, 5) is 16.3. The number of aliphatic hydroxyl groups is 1. The monoisotopic (exact) mass is 268 g/mol. The molecular formula is C15H28N2O2. The lowest BCUT2D eigenvalue weighted by Gasteiger charge is -2.36. The van der Waals surface area contributed by atoms with E-state index in [1.54, 1.807) is 0 Å². The number of hydrogen-bond acceptors (Lipinski definition) is 4. The fourth-order valence-corrected chi connectivity index (χ4v) is 3.56. The van der Waals surface area contributed by atoms with Crippen LogP contribution in [0.3, 0.4) is 0 Å². The van der Waals surface area contributed by atoms with Crippen LogP contribution in [0.1, 0.15) is 38.5 Å². The number of carbonyl (C=O) groups excluding carboxylic acids is 1. The SMILES string of the molecule is O=CC1(CN2CCCN(CCO)CC2)CCCCC1. The molecule has 4 nitrogen and oxygen atoms in total. The summed E-state index contributed by atoms with van der Waals surface area (Å²) in [5.41, 5.74) is -0.0651. The Hall–Kier alpha value is -0.450. The first kappa shape index (κ1) is 14.9. The highest BCUT2D eigenvalue weighted by Gasteiger charge is 2.33. The van der Waals surface area contributed by atoms with Crippen LogP contribution < -0.4 is 0 Å². The minimum atomic E-state index is -0.0651. The Morgan fingerprint density at radius 3 is 2.32 bits per heavy atom. The molecule has 1 aliphatic carbocycles. The molecular weight excluding hydrogens is 240 g/mol. The Morgan fingerprint density at radius 1 is 0.947 bits per heavy atom. The number of carbonyl (C=O) groups is 1. The summed E-state index contributed by atoms with van der Waals surface area (Å²) in [6.45, 7) is 6.21. The Morgan fingerprint density at radius 2 is 1.63 bits per heavy atom. The zero-order valence-corrected chi connectivity index (χ0v) is 12.0. The Bertz CT molecular complexity index is 277. The van der Waals surface area contributed by atoms with E-state index in [9.17, 15) is 4.79 Å². The van der Waals surface area contributed by atoms with Crippen molar-refractivity contribution >= 4 is 6.29 Å². The molecule has 1 saturated carbocycles. The molecule has 0 aromatic rings. The molecule has 0 spiro atoms. The summed E-state index contributed by atoms with van der Waals surface area (Å²) in [5.74, 6) is 0. The van der Waals surface area contributed by atoms with Gasteiger partial charge in [-0.2, -0.15) is 0 Å². The average Bonchev–Trinajstić information content (AvgIpc) is 2.66.